The lowest BCUT2D eigenvalue weighted by Gasteiger charge is -2.07. The SMILES string of the molecule is CCOc1ccc(-c2c(C(=O)N/N=C/c3ccccc3C(=O)O)nnn2-c2nonc2N)cc1. The van der Waals surface area contributed by atoms with Crippen molar-refractivity contribution >= 4 is 23.9 Å². The Hall–Kier alpha value is -5.07. The lowest BCUT2D eigenvalue weighted by molar-refractivity contribution is 0.0696. The average Bonchev–Trinajstić information content (AvgIpc) is 3.46. The van der Waals surface area contributed by atoms with Crippen LogP contribution in [-0.2, 0) is 0 Å². The summed E-state index contributed by atoms with van der Waals surface area (Å²) in [5.74, 6) is -1.18. The monoisotopic (exact) mass is 462 g/mol. The highest BCUT2D eigenvalue weighted by atomic mass is 16.6. The molecular formula is C21H18N8O5. The van der Waals surface area contributed by atoms with E-state index in [0.29, 0.717) is 23.5 Å². The lowest BCUT2D eigenvalue weighted by atomic mass is 10.1. The number of hydrogen-bond donors (Lipinski definition) is 3. The molecule has 0 aliphatic carbocycles. The summed E-state index contributed by atoms with van der Waals surface area (Å²) in [6, 6.07) is 13.1. The summed E-state index contributed by atoms with van der Waals surface area (Å²) in [6.45, 7) is 2.36. The van der Waals surface area contributed by atoms with Crippen molar-refractivity contribution in [3.05, 3.63) is 65.4 Å². The van der Waals surface area contributed by atoms with E-state index in [1.807, 2.05) is 6.92 Å². The minimum atomic E-state index is -1.12. The van der Waals surface area contributed by atoms with Gasteiger partial charge in [-0.3, -0.25) is 4.79 Å². The number of aromatic nitrogens is 5. The maximum absolute atomic E-state index is 12.9. The number of rotatable bonds is 8. The van der Waals surface area contributed by atoms with Crippen molar-refractivity contribution in [2.75, 3.05) is 12.3 Å². The molecule has 0 saturated carbocycles. The van der Waals surface area contributed by atoms with Crippen LogP contribution in [0.4, 0.5) is 5.82 Å². The summed E-state index contributed by atoms with van der Waals surface area (Å²) in [5.41, 5.74) is 9.21. The zero-order valence-corrected chi connectivity index (χ0v) is 17.7. The van der Waals surface area contributed by atoms with Crippen molar-refractivity contribution in [1.82, 2.24) is 30.7 Å². The van der Waals surface area contributed by atoms with Crippen LogP contribution in [0.3, 0.4) is 0 Å². The van der Waals surface area contributed by atoms with Gasteiger partial charge in [0.25, 0.3) is 5.91 Å². The third kappa shape index (κ3) is 4.43. The maximum Gasteiger partial charge on any atom is 0.336 e. The molecule has 13 nitrogen and oxygen atoms in total. The van der Waals surface area contributed by atoms with Crippen molar-refractivity contribution < 1.29 is 24.1 Å². The molecule has 2 aromatic carbocycles. The van der Waals surface area contributed by atoms with Gasteiger partial charge in [-0.1, -0.05) is 23.4 Å². The van der Waals surface area contributed by atoms with Gasteiger partial charge in [0.05, 0.1) is 18.4 Å². The van der Waals surface area contributed by atoms with Gasteiger partial charge in [0.15, 0.2) is 5.69 Å². The van der Waals surface area contributed by atoms with Crippen LogP contribution in [0.5, 0.6) is 5.75 Å². The molecule has 0 aliphatic rings. The Labute approximate surface area is 191 Å². The van der Waals surface area contributed by atoms with Crippen LogP contribution in [-0.4, -0.2) is 55.1 Å². The zero-order chi connectivity index (χ0) is 24.1. The Kier molecular flexibility index (Phi) is 6.25. The average molecular weight is 462 g/mol. The number of aromatic carboxylic acids is 1. The number of amides is 1. The van der Waals surface area contributed by atoms with E-state index in [1.54, 1.807) is 42.5 Å². The molecule has 4 rings (SSSR count). The third-order valence-electron chi connectivity index (χ3n) is 4.58. The Morgan fingerprint density at radius 2 is 1.97 bits per heavy atom. The number of carboxylic acid groups (broad SMARTS) is 1. The smallest absolute Gasteiger partial charge is 0.336 e. The van der Waals surface area contributed by atoms with Crippen molar-refractivity contribution in [1.29, 1.82) is 0 Å². The van der Waals surface area contributed by atoms with E-state index >= 15 is 0 Å². The van der Waals surface area contributed by atoms with Crippen LogP contribution in [0, 0.1) is 0 Å². The molecule has 0 spiro atoms. The molecule has 0 atom stereocenters. The molecule has 0 aliphatic heterocycles. The molecule has 4 N–H and O–H groups in total. The molecule has 13 heteroatoms. The van der Waals surface area contributed by atoms with Gasteiger partial charge in [0.1, 0.15) is 11.4 Å². The van der Waals surface area contributed by atoms with Gasteiger partial charge < -0.3 is 15.6 Å². The largest absolute Gasteiger partial charge is 0.494 e. The topological polar surface area (TPSA) is 184 Å². The number of anilines is 1. The number of nitrogen functional groups attached to an aromatic ring is 1. The summed E-state index contributed by atoms with van der Waals surface area (Å²) in [7, 11) is 0. The van der Waals surface area contributed by atoms with E-state index in [9.17, 15) is 14.7 Å². The van der Waals surface area contributed by atoms with Crippen LogP contribution in [0.25, 0.3) is 17.1 Å². The first-order valence-electron chi connectivity index (χ1n) is 9.92. The van der Waals surface area contributed by atoms with E-state index in [0.717, 1.165) is 0 Å². The van der Waals surface area contributed by atoms with Crippen molar-refractivity contribution in [2.24, 2.45) is 5.10 Å². The van der Waals surface area contributed by atoms with E-state index in [2.05, 4.69) is 35.8 Å². The summed E-state index contributed by atoms with van der Waals surface area (Å²) >= 11 is 0. The van der Waals surface area contributed by atoms with Gasteiger partial charge in [0, 0.05) is 11.1 Å². The highest BCUT2D eigenvalue weighted by Gasteiger charge is 2.25. The van der Waals surface area contributed by atoms with Gasteiger partial charge in [-0.05, 0) is 47.6 Å². The number of nitrogens with two attached hydrogens (primary N) is 1. The van der Waals surface area contributed by atoms with E-state index in [-0.39, 0.29) is 28.6 Å². The van der Waals surface area contributed by atoms with Gasteiger partial charge in [-0.15, -0.1) is 5.10 Å². The normalized spacial score (nSPS) is 11.0. The third-order valence-corrected chi connectivity index (χ3v) is 4.58. The molecule has 2 heterocycles. The second-order valence-electron chi connectivity index (χ2n) is 6.72. The van der Waals surface area contributed by atoms with Crippen molar-refractivity contribution in [3.8, 4) is 22.8 Å². The van der Waals surface area contributed by atoms with Gasteiger partial charge in [-0.2, -0.15) is 9.78 Å². The quantitative estimate of drug-likeness (QED) is 0.257. The Morgan fingerprint density at radius 3 is 2.65 bits per heavy atom. The Balaban J connectivity index is 1.68. The predicted molar refractivity (Wildman–Crippen MR) is 119 cm³/mol. The van der Waals surface area contributed by atoms with Gasteiger partial charge >= 0.3 is 5.97 Å². The number of nitrogens with one attached hydrogen (secondary N) is 1. The number of nitrogens with zero attached hydrogens (tertiary/aromatic N) is 6. The van der Waals surface area contributed by atoms with E-state index in [4.69, 9.17) is 10.5 Å². The Morgan fingerprint density at radius 1 is 1.21 bits per heavy atom. The van der Waals surface area contributed by atoms with Crippen LogP contribution >= 0.6 is 0 Å². The molecule has 172 valence electrons. The minimum Gasteiger partial charge on any atom is -0.494 e. The zero-order valence-electron chi connectivity index (χ0n) is 17.7. The standard InChI is InChI=1S/C21H18N8O5/c1-2-33-14-9-7-12(8-10-14)17-16(24-28-29(17)19-18(22)26-34-27-19)20(30)25-23-11-13-5-3-4-6-15(13)21(31)32/h3-11H,2H2,1H3,(H2,22,26)(H,25,30)(H,31,32)/b23-11+. The molecule has 34 heavy (non-hydrogen) atoms. The summed E-state index contributed by atoms with van der Waals surface area (Å²) in [4.78, 5) is 24.3. The summed E-state index contributed by atoms with van der Waals surface area (Å²) < 4.78 is 11.3. The number of hydrogen-bond acceptors (Lipinski definition) is 10. The molecule has 0 radical (unpaired) electrons. The molecule has 0 fully saturated rings. The first-order chi connectivity index (χ1) is 16.5. The number of ether oxygens (including phenoxy) is 1. The van der Waals surface area contributed by atoms with Crippen LogP contribution in [0.15, 0.2) is 58.3 Å². The fourth-order valence-corrected chi connectivity index (χ4v) is 3.07. The molecule has 0 bridgehead atoms. The summed E-state index contributed by atoms with van der Waals surface area (Å²) in [6.07, 6.45) is 1.22. The van der Waals surface area contributed by atoms with E-state index < -0.39 is 11.9 Å². The van der Waals surface area contributed by atoms with Gasteiger partial charge in [0.2, 0.25) is 11.6 Å². The molecule has 0 saturated heterocycles. The van der Waals surface area contributed by atoms with Crippen LogP contribution in [0.1, 0.15) is 33.3 Å². The Bertz CT molecular complexity index is 1360. The molecule has 4 aromatic rings. The number of carboxylic acids is 1. The first-order valence-corrected chi connectivity index (χ1v) is 9.92. The lowest BCUT2D eigenvalue weighted by Crippen LogP contribution is -2.19. The summed E-state index contributed by atoms with van der Waals surface area (Å²) in [5, 5.41) is 28.3. The minimum absolute atomic E-state index is 0.0375. The fraction of sp³-hybridized carbons (Fsp3) is 0.0952. The number of carbonyl (C=O) groups excluding carboxylic acids is 1. The molecular weight excluding hydrogens is 444 g/mol. The first kappa shape index (κ1) is 22.1. The number of carbonyl (C=O) groups is 2. The van der Waals surface area contributed by atoms with Gasteiger partial charge in [-0.25, -0.2) is 14.8 Å². The molecule has 1 amide bonds. The number of benzene rings is 2. The molecule has 0 unspecified atom stereocenters. The fourth-order valence-electron chi connectivity index (χ4n) is 3.07. The maximum atomic E-state index is 12.9. The van der Waals surface area contributed by atoms with Crippen molar-refractivity contribution in [3.63, 3.8) is 0 Å². The van der Waals surface area contributed by atoms with Crippen LogP contribution in [0.2, 0.25) is 0 Å². The van der Waals surface area contributed by atoms with Crippen LogP contribution < -0.4 is 15.9 Å². The highest BCUT2D eigenvalue weighted by Crippen LogP contribution is 2.28. The second kappa shape index (κ2) is 9.60. The molecule has 2 aromatic heterocycles. The second-order valence-corrected chi connectivity index (χ2v) is 6.72. The highest BCUT2D eigenvalue weighted by molar-refractivity contribution is 6.00. The number of hydrazone groups is 1. The van der Waals surface area contributed by atoms with E-state index in [1.165, 1.54) is 17.0 Å². The van der Waals surface area contributed by atoms with Crippen molar-refractivity contribution in [2.45, 2.75) is 6.92 Å². The predicted octanol–water partition coefficient (Wildman–Crippen LogP) is 1.76.